The van der Waals surface area contributed by atoms with E-state index in [9.17, 15) is 0 Å². The van der Waals surface area contributed by atoms with Gasteiger partial charge in [0.1, 0.15) is 5.75 Å². The third kappa shape index (κ3) is 6.63. The minimum Gasteiger partial charge on any atom is -0.467 e. The second kappa shape index (κ2) is 12.0. The zero-order chi connectivity index (χ0) is 25.5. The first-order valence-corrected chi connectivity index (χ1v) is 13.6. The predicted molar refractivity (Wildman–Crippen MR) is 151 cm³/mol. The molecule has 0 aliphatic heterocycles. The Morgan fingerprint density at radius 2 is 1.74 bits per heavy atom. The molecule has 1 heterocycles. The predicted octanol–water partition coefficient (Wildman–Crippen LogP) is 7.37. The molecule has 0 bridgehead atoms. The van der Waals surface area contributed by atoms with Crippen molar-refractivity contribution in [2.75, 3.05) is 13.9 Å². The Kier molecular flexibility index (Phi) is 9.33. The fraction of sp³-hybridized carbons (Fsp3) is 0.433. The van der Waals surface area contributed by atoms with Crippen LogP contribution < -0.4 is 10.0 Å². The summed E-state index contributed by atoms with van der Waals surface area (Å²) >= 11 is 0. The van der Waals surface area contributed by atoms with Crippen LogP contribution in [0.2, 0.25) is 0 Å². The van der Waals surface area contributed by atoms with Crippen LogP contribution in [0, 0.1) is 6.92 Å². The highest BCUT2D eigenvalue weighted by Crippen LogP contribution is 2.52. The largest absolute Gasteiger partial charge is 0.467 e. The van der Waals surface area contributed by atoms with Crippen molar-refractivity contribution in [1.82, 2.24) is 4.68 Å². The standard InChI is InChI=1S/C30H41N2O2P/c1-8-16-30(9-2,26-20-25(29(4,5)6)19-23(3)28(26)34-22-33-7)35-27-15-11-10-14-24(27)21-31-32-17-12-13-18-32/h10-15,17-21,35H,8-9,16,22H2,1-7H3/b31-21+. The van der Waals surface area contributed by atoms with E-state index in [1.165, 1.54) is 22.0 Å². The second-order valence-corrected chi connectivity index (χ2v) is 11.9. The summed E-state index contributed by atoms with van der Waals surface area (Å²) in [5, 5.41) is 5.93. The lowest BCUT2D eigenvalue weighted by atomic mass is 9.81. The van der Waals surface area contributed by atoms with E-state index < -0.39 is 0 Å². The van der Waals surface area contributed by atoms with Crippen molar-refractivity contribution in [1.29, 1.82) is 0 Å². The van der Waals surface area contributed by atoms with E-state index in [-0.39, 0.29) is 17.4 Å². The van der Waals surface area contributed by atoms with Gasteiger partial charge in [-0.2, -0.15) is 5.10 Å². The molecule has 2 atom stereocenters. The number of benzene rings is 2. The van der Waals surface area contributed by atoms with Crippen LogP contribution >= 0.6 is 8.58 Å². The van der Waals surface area contributed by atoms with Gasteiger partial charge in [-0.25, -0.2) is 4.68 Å². The van der Waals surface area contributed by atoms with Crippen LogP contribution in [-0.4, -0.2) is 24.8 Å². The number of rotatable bonds is 11. The first kappa shape index (κ1) is 27.2. The van der Waals surface area contributed by atoms with Gasteiger partial charge in [0.25, 0.3) is 0 Å². The van der Waals surface area contributed by atoms with E-state index in [0.717, 1.165) is 30.6 Å². The molecule has 188 valence electrons. The molecule has 0 saturated heterocycles. The number of nitrogens with zero attached hydrogens (tertiary/aromatic N) is 2. The molecule has 0 saturated carbocycles. The van der Waals surface area contributed by atoms with Gasteiger partial charge >= 0.3 is 0 Å². The first-order valence-electron chi connectivity index (χ1n) is 12.6. The van der Waals surface area contributed by atoms with Gasteiger partial charge in [-0.05, 0) is 53.7 Å². The highest BCUT2D eigenvalue weighted by molar-refractivity contribution is 7.48. The Morgan fingerprint density at radius 3 is 2.37 bits per heavy atom. The molecule has 0 spiro atoms. The molecule has 0 aliphatic rings. The lowest BCUT2D eigenvalue weighted by Crippen LogP contribution is -2.26. The Morgan fingerprint density at radius 1 is 1.03 bits per heavy atom. The molecule has 4 nitrogen and oxygen atoms in total. The van der Waals surface area contributed by atoms with Gasteiger partial charge in [0.2, 0.25) is 0 Å². The topological polar surface area (TPSA) is 35.8 Å². The van der Waals surface area contributed by atoms with Crippen molar-refractivity contribution in [2.45, 2.75) is 71.4 Å². The van der Waals surface area contributed by atoms with Gasteiger partial charge in [-0.15, -0.1) is 0 Å². The highest BCUT2D eigenvalue weighted by atomic mass is 31.1. The Labute approximate surface area is 213 Å². The van der Waals surface area contributed by atoms with Crippen LogP contribution in [0.25, 0.3) is 0 Å². The number of methoxy groups -OCH3 is 1. The van der Waals surface area contributed by atoms with E-state index in [1.54, 1.807) is 7.11 Å². The molecule has 2 unspecified atom stereocenters. The van der Waals surface area contributed by atoms with Gasteiger partial charge in [-0.1, -0.05) is 86.0 Å². The molecule has 1 aromatic heterocycles. The lowest BCUT2D eigenvalue weighted by molar-refractivity contribution is 0.0493. The SMILES string of the molecule is CCCC(CC)(Pc1ccccc1/C=N/n1cccc1)c1cc(C(C)(C)C)cc(C)c1OCOC. The van der Waals surface area contributed by atoms with Crippen molar-refractivity contribution in [3.8, 4) is 5.75 Å². The van der Waals surface area contributed by atoms with Crippen LogP contribution in [0.1, 0.15) is 76.1 Å². The zero-order valence-corrected chi connectivity index (χ0v) is 23.4. The summed E-state index contributed by atoms with van der Waals surface area (Å²) in [7, 11) is 2.26. The third-order valence-electron chi connectivity index (χ3n) is 6.51. The van der Waals surface area contributed by atoms with Gasteiger partial charge in [0.15, 0.2) is 6.79 Å². The zero-order valence-electron chi connectivity index (χ0n) is 22.4. The maximum Gasteiger partial charge on any atom is 0.188 e. The summed E-state index contributed by atoms with van der Waals surface area (Å²) in [6, 6.07) is 17.3. The fourth-order valence-electron chi connectivity index (χ4n) is 4.53. The summed E-state index contributed by atoms with van der Waals surface area (Å²) in [4.78, 5) is 0. The van der Waals surface area contributed by atoms with Gasteiger partial charge < -0.3 is 9.47 Å². The second-order valence-electron chi connectivity index (χ2n) is 10.2. The molecule has 0 aliphatic carbocycles. The molecule has 0 radical (unpaired) electrons. The van der Waals surface area contributed by atoms with E-state index in [2.05, 4.69) is 83.0 Å². The molecule has 0 N–H and O–H groups in total. The maximum atomic E-state index is 6.26. The summed E-state index contributed by atoms with van der Waals surface area (Å²) in [6.07, 6.45) is 9.10. The van der Waals surface area contributed by atoms with E-state index in [1.807, 2.05) is 35.4 Å². The van der Waals surface area contributed by atoms with E-state index in [0.29, 0.717) is 8.58 Å². The third-order valence-corrected chi connectivity index (χ3v) is 8.59. The van der Waals surface area contributed by atoms with Crippen LogP contribution in [0.4, 0.5) is 0 Å². The number of aryl methyl sites for hydroxylation is 1. The molecule has 35 heavy (non-hydrogen) atoms. The number of hydrogen-bond donors (Lipinski definition) is 0. The molecular weight excluding hydrogens is 451 g/mol. The highest BCUT2D eigenvalue weighted by Gasteiger charge is 2.35. The molecule has 0 amide bonds. The van der Waals surface area contributed by atoms with Crippen molar-refractivity contribution in [3.63, 3.8) is 0 Å². The molecule has 3 aromatic rings. The summed E-state index contributed by atoms with van der Waals surface area (Å²) in [5.41, 5.74) is 5.03. The first-order chi connectivity index (χ1) is 16.7. The van der Waals surface area contributed by atoms with Crippen molar-refractivity contribution >= 4 is 20.1 Å². The van der Waals surface area contributed by atoms with Crippen molar-refractivity contribution in [3.05, 3.63) is 83.2 Å². The minimum atomic E-state index is -0.0404. The van der Waals surface area contributed by atoms with Crippen LogP contribution in [0.15, 0.2) is 66.0 Å². The smallest absolute Gasteiger partial charge is 0.188 e. The summed E-state index contributed by atoms with van der Waals surface area (Å²) in [5.74, 6) is 0.973. The minimum absolute atomic E-state index is 0.0404. The maximum absolute atomic E-state index is 6.26. The molecule has 2 aromatic carbocycles. The van der Waals surface area contributed by atoms with Gasteiger partial charge in [0, 0.05) is 35.8 Å². The van der Waals surface area contributed by atoms with Crippen LogP contribution in [-0.2, 0) is 15.3 Å². The van der Waals surface area contributed by atoms with Crippen molar-refractivity contribution in [2.24, 2.45) is 5.10 Å². The van der Waals surface area contributed by atoms with Crippen LogP contribution in [0.3, 0.4) is 0 Å². The Hall–Kier alpha value is -2.42. The average Bonchev–Trinajstić information content (AvgIpc) is 3.35. The van der Waals surface area contributed by atoms with Gasteiger partial charge in [0.05, 0.1) is 6.21 Å². The number of ether oxygens (including phenoxy) is 2. The lowest BCUT2D eigenvalue weighted by Gasteiger charge is -2.37. The normalized spacial score (nSPS) is 14.1. The fourth-order valence-corrected chi connectivity index (χ4v) is 6.39. The van der Waals surface area contributed by atoms with E-state index >= 15 is 0 Å². The quantitative estimate of drug-likeness (QED) is 0.159. The average molecular weight is 493 g/mol. The molecule has 3 rings (SSSR count). The number of hydrogen-bond acceptors (Lipinski definition) is 3. The number of aromatic nitrogens is 1. The Bertz CT molecular complexity index is 1120. The van der Waals surface area contributed by atoms with E-state index in [4.69, 9.17) is 9.47 Å². The molecule has 5 heteroatoms. The Balaban J connectivity index is 2.15. The van der Waals surface area contributed by atoms with Crippen molar-refractivity contribution < 1.29 is 9.47 Å². The molecular formula is C30H41N2O2P. The molecule has 0 fully saturated rings. The summed E-state index contributed by atoms with van der Waals surface area (Å²) in [6.45, 7) is 13.9. The van der Waals surface area contributed by atoms with Crippen LogP contribution in [0.5, 0.6) is 5.75 Å². The summed E-state index contributed by atoms with van der Waals surface area (Å²) < 4.78 is 13.4. The van der Waals surface area contributed by atoms with Gasteiger partial charge in [-0.3, -0.25) is 0 Å². The monoisotopic (exact) mass is 492 g/mol.